The fourth-order valence-corrected chi connectivity index (χ4v) is 16.6. The molecule has 0 bridgehead atoms. The monoisotopic (exact) mass is 1160 g/mol. The molecule has 0 aromatic heterocycles. The first-order valence-electron chi connectivity index (χ1n) is 25.1. The molecule has 442 valence electrons. The number of rotatable bonds is 34. The van der Waals surface area contributed by atoms with Crippen LogP contribution in [-0.4, -0.2) is 141 Å². The standard InChI is InChI=1S/C17H38O3Si2.C12H26O5Si.C11H22O4.C8H14F2O5S.2CH4.Na/c1-9-11-14-21(5,6)20-22(7,8)15-12-13-19-16(18)17(3,4)10-2;1-7-12(2,3)11(13)17-9-8-10-18(14-4,15-5)16-6;1-4-10(3)11(12)15-9-8-14-7-6-13-5-2;1-4-5(2)7(11)15-6(3)8(9,10)16(12,13)14;;;/h9-15H2,1-8H3;7-10H2,1-6H3;10H,4-9H2,1-3H3;5-6H,4H2,1-3H3,(H,12,13,14);2*1H4;/q;;;;;;+1/p-1. The minimum absolute atomic E-state index is 0. The van der Waals surface area contributed by atoms with Crippen LogP contribution in [0.5, 0.6) is 0 Å². The van der Waals surface area contributed by atoms with Crippen molar-refractivity contribution < 1.29 is 116 Å². The van der Waals surface area contributed by atoms with E-state index in [1.165, 1.54) is 25.8 Å². The van der Waals surface area contributed by atoms with Gasteiger partial charge in [0.15, 0.2) is 32.9 Å². The van der Waals surface area contributed by atoms with E-state index in [1.807, 2.05) is 62.3 Å². The molecule has 0 spiro atoms. The summed E-state index contributed by atoms with van der Waals surface area (Å²) >= 11 is 0. The van der Waals surface area contributed by atoms with Crippen LogP contribution in [0.3, 0.4) is 0 Å². The molecule has 0 rings (SSSR count). The summed E-state index contributed by atoms with van der Waals surface area (Å²) in [6.45, 7) is 36.2. The average molecular weight is 1160 g/mol. The number of unbranched alkanes of at least 4 members (excludes halogenated alkanes) is 1. The van der Waals surface area contributed by atoms with Gasteiger partial charge in [-0.25, -0.2) is 8.42 Å². The number of carbonyl (C=O) groups excluding carboxylic acids is 4. The van der Waals surface area contributed by atoms with Crippen LogP contribution in [0.1, 0.15) is 156 Å². The second kappa shape index (κ2) is 44.9. The van der Waals surface area contributed by atoms with Crippen molar-refractivity contribution in [1.29, 1.82) is 0 Å². The Morgan fingerprint density at radius 2 is 0.959 bits per heavy atom. The van der Waals surface area contributed by atoms with Crippen molar-refractivity contribution in [2.24, 2.45) is 22.7 Å². The predicted molar refractivity (Wildman–Crippen MR) is 292 cm³/mol. The van der Waals surface area contributed by atoms with Crippen LogP contribution >= 0.6 is 0 Å². The maximum absolute atomic E-state index is 12.9. The van der Waals surface area contributed by atoms with Crippen LogP contribution < -0.4 is 29.6 Å². The van der Waals surface area contributed by atoms with Crippen LogP contribution in [-0.2, 0) is 75.1 Å². The van der Waals surface area contributed by atoms with E-state index in [-0.39, 0.29) is 73.7 Å². The number of alkyl halides is 2. The predicted octanol–water partition coefficient (Wildman–Crippen LogP) is 8.82. The summed E-state index contributed by atoms with van der Waals surface area (Å²) in [5, 5.41) is -4.61. The van der Waals surface area contributed by atoms with E-state index in [4.69, 9.17) is 41.1 Å². The molecule has 17 nitrogen and oxygen atoms in total. The van der Waals surface area contributed by atoms with Crippen molar-refractivity contribution in [3.8, 4) is 0 Å². The van der Waals surface area contributed by atoms with Crippen LogP contribution in [0.2, 0.25) is 44.3 Å². The van der Waals surface area contributed by atoms with E-state index in [9.17, 15) is 40.9 Å². The first-order chi connectivity index (χ1) is 32.6. The quantitative estimate of drug-likeness (QED) is 0.0193. The largest absolute Gasteiger partial charge is 1.00 e. The number of hydrogen-bond acceptors (Lipinski definition) is 17. The Balaban J connectivity index is -0.000000161. The van der Waals surface area contributed by atoms with Gasteiger partial charge in [0.1, 0.15) is 6.61 Å². The molecule has 0 radical (unpaired) electrons. The van der Waals surface area contributed by atoms with Crippen molar-refractivity contribution in [3.63, 3.8) is 0 Å². The van der Waals surface area contributed by atoms with Crippen molar-refractivity contribution >= 4 is 59.4 Å². The van der Waals surface area contributed by atoms with Gasteiger partial charge in [0.2, 0.25) is 0 Å². The van der Waals surface area contributed by atoms with Crippen LogP contribution in [0.15, 0.2) is 0 Å². The third-order valence-corrected chi connectivity index (χ3v) is 23.1. The minimum Gasteiger partial charge on any atom is -0.743 e. The first kappa shape index (κ1) is 86.9. The van der Waals surface area contributed by atoms with Gasteiger partial charge in [0.05, 0.1) is 55.7 Å². The Hall–Kier alpha value is -0.939. The molecule has 0 aliphatic rings. The number of halogens is 2. The van der Waals surface area contributed by atoms with Gasteiger partial charge in [0, 0.05) is 34.0 Å². The molecule has 24 heteroatoms. The molecule has 0 amide bonds. The van der Waals surface area contributed by atoms with E-state index in [1.54, 1.807) is 28.3 Å². The maximum atomic E-state index is 12.9. The molecule has 3 unspecified atom stereocenters. The van der Waals surface area contributed by atoms with E-state index >= 15 is 0 Å². The van der Waals surface area contributed by atoms with E-state index in [0.717, 1.165) is 31.7 Å². The van der Waals surface area contributed by atoms with Gasteiger partial charge >= 0.3 is 67.5 Å². The first-order valence-corrected chi connectivity index (χ1v) is 34.7. The Labute approximate surface area is 475 Å². The van der Waals surface area contributed by atoms with Crippen LogP contribution in [0.25, 0.3) is 0 Å². The Bertz CT molecular complexity index is 1550. The molecule has 0 aliphatic carbocycles. The molecular formula is C50H107F2NaO17SSi3. The molecule has 0 fully saturated rings. The summed E-state index contributed by atoms with van der Waals surface area (Å²) in [6.07, 6.45) is 4.56. The molecule has 74 heavy (non-hydrogen) atoms. The van der Waals surface area contributed by atoms with Crippen LogP contribution in [0, 0.1) is 22.7 Å². The molecular weight excluding hydrogens is 1050 g/mol. The fraction of sp³-hybridized carbons (Fsp3) is 0.920. The molecule has 0 aliphatic heterocycles. The molecule has 3 atom stereocenters. The zero-order valence-electron chi connectivity index (χ0n) is 48.6. The summed E-state index contributed by atoms with van der Waals surface area (Å²) in [4.78, 5) is 46.0. The van der Waals surface area contributed by atoms with E-state index in [0.29, 0.717) is 72.1 Å². The van der Waals surface area contributed by atoms with Crippen molar-refractivity contribution in [3.05, 3.63) is 0 Å². The summed E-state index contributed by atoms with van der Waals surface area (Å²) in [5.74, 6) is -2.00. The zero-order chi connectivity index (χ0) is 56.3. The van der Waals surface area contributed by atoms with E-state index < -0.39 is 64.2 Å². The van der Waals surface area contributed by atoms with Gasteiger partial charge in [-0.3, -0.25) is 19.2 Å². The number of esters is 4. The van der Waals surface area contributed by atoms with Crippen molar-refractivity contribution in [1.82, 2.24) is 0 Å². The third kappa shape index (κ3) is 40.3. The van der Waals surface area contributed by atoms with Gasteiger partial charge < -0.3 is 50.4 Å². The minimum atomic E-state index is -5.84. The van der Waals surface area contributed by atoms with Crippen LogP contribution in [0.4, 0.5) is 8.78 Å². The van der Waals surface area contributed by atoms with Crippen molar-refractivity contribution in [2.45, 2.75) is 212 Å². The SMILES string of the molecule is C.C.CCC(C)(C)C(=O)OCCC[Si](OC)(OC)OC.CCC(C)C(=O)OC(C)C(F)(F)S(=O)(=O)[O-].CCCC[Si](C)(C)O[Si](C)(C)CCCOC(=O)C(C)(C)CC.CCOCCOCCOC(=O)C(C)CC.[Na+]. The summed E-state index contributed by atoms with van der Waals surface area (Å²) in [6, 6.07) is 2.95. The second-order valence-corrected chi connectivity index (χ2v) is 33.1. The van der Waals surface area contributed by atoms with Gasteiger partial charge in [-0.05, 0) is 118 Å². The number of ether oxygens (including phenoxy) is 6. The smallest absolute Gasteiger partial charge is 0.743 e. The maximum Gasteiger partial charge on any atom is 1.00 e. The normalized spacial score (nSPS) is 13.1. The Morgan fingerprint density at radius 3 is 1.32 bits per heavy atom. The number of carbonyl (C=O) groups is 4. The Kier molecular flexibility index (Phi) is 52.7. The third-order valence-electron chi connectivity index (χ3n) is 11.7. The zero-order valence-corrected chi connectivity index (χ0v) is 54.4. The average Bonchev–Trinajstić information content (AvgIpc) is 3.31. The van der Waals surface area contributed by atoms with Crippen molar-refractivity contribution in [2.75, 3.05) is 67.6 Å². The van der Waals surface area contributed by atoms with Gasteiger partial charge in [-0.15, -0.1) is 0 Å². The molecule has 0 aromatic carbocycles. The molecule has 0 N–H and O–H groups in total. The Morgan fingerprint density at radius 1 is 0.581 bits per heavy atom. The topological polar surface area (TPSA) is 218 Å². The number of hydrogen-bond donors (Lipinski definition) is 0. The molecule has 0 aromatic rings. The van der Waals surface area contributed by atoms with E-state index in [2.05, 4.69) is 37.8 Å². The van der Waals surface area contributed by atoms with Gasteiger partial charge in [0.25, 0.3) is 0 Å². The molecule has 0 saturated carbocycles. The van der Waals surface area contributed by atoms with Gasteiger partial charge in [-0.1, -0.05) is 76.2 Å². The second-order valence-electron chi connectivity index (χ2n) is 19.7. The summed E-state index contributed by atoms with van der Waals surface area (Å²) < 4.78 is 109. The molecule has 0 saturated heterocycles. The fourth-order valence-electron chi connectivity index (χ4n) is 5.41. The van der Waals surface area contributed by atoms with Gasteiger partial charge in [-0.2, -0.15) is 8.78 Å². The summed E-state index contributed by atoms with van der Waals surface area (Å²) in [7, 11) is -6.82. The molecule has 0 heterocycles. The summed E-state index contributed by atoms with van der Waals surface area (Å²) in [5.41, 5.74) is -0.781.